The van der Waals surface area contributed by atoms with E-state index < -0.39 is 0 Å². The van der Waals surface area contributed by atoms with Crippen molar-refractivity contribution >= 4 is 0 Å². The second-order valence-electron chi connectivity index (χ2n) is 6.78. The SMILES string of the molecule is CCC(O)CC1CC(N)CN(C(CC)C2CCC2)C1. The van der Waals surface area contributed by atoms with E-state index in [1.807, 2.05) is 0 Å². The van der Waals surface area contributed by atoms with Crippen LogP contribution in [-0.4, -0.2) is 41.3 Å². The van der Waals surface area contributed by atoms with Crippen molar-refractivity contribution in [1.29, 1.82) is 0 Å². The van der Waals surface area contributed by atoms with Gasteiger partial charge in [-0.15, -0.1) is 0 Å². The van der Waals surface area contributed by atoms with Gasteiger partial charge in [0.05, 0.1) is 6.10 Å². The van der Waals surface area contributed by atoms with Crippen molar-refractivity contribution in [3.8, 4) is 0 Å². The van der Waals surface area contributed by atoms with Crippen LogP contribution in [0.4, 0.5) is 0 Å². The zero-order valence-corrected chi connectivity index (χ0v) is 12.7. The van der Waals surface area contributed by atoms with Crippen LogP contribution in [0.3, 0.4) is 0 Å². The molecule has 4 unspecified atom stereocenters. The monoisotopic (exact) mass is 268 g/mol. The molecule has 112 valence electrons. The molecule has 19 heavy (non-hydrogen) atoms. The molecule has 0 bridgehead atoms. The fourth-order valence-corrected chi connectivity index (χ4v) is 3.99. The van der Waals surface area contributed by atoms with E-state index in [1.165, 1.54) is 25.7 Å². The van der Waals surface area contributed by atoms with Gasteiger partial charge in [-0.2, -0.15) is 0 Å². The fraction of sp³-hybridized carbons (Fsp3) is 1.00. The lowest BCUT2D eigenvalue weighted by molar-refractivity contribution is 0.0303. The molecule has 0 aromatic heterocycles. The van der Waals surface area contributed by atoms with Crippen LogP contribution in [0.5, 0.6) is 0 Å². The largest absolute Gasteiger partial charge is 0.393 e. The lowest BCUT2D eigenvalue weighted by Crippen LogP contribution is -2.54. The molecule has 0 aromatic rings. The molecule has 1 saturated heterocycles. The fourth-order valence-electron chi connectivity index (χ4n) is 3.99. The van der Waals surface area contributed by atoms with Crippen LogP contribution in [0.1, 0.15) is 58.8 Å². The summed E-state index contributed by atoms with van der Waals surface area (Å²) in [6.07, 6.45) is 8.24. The molecule has 2 fully saturated rings. The summed E-state index contributed by atoms with van der Waals surface area (Å²) in [6.45, 7) is 6.60. The summed E-state index contributed by atoms with van der Waals surface area (Å²) in [5.74, 6) is 1.50. The Morgan fingerprint density at radius 2 is 1.95 bits per heavy atom. The number of rotatable bonds is 6. The van der Waals surface area contributed by atoms with E-state index in [-0.39, 0.29) is 6.10 Å². The smallest absolute Gasteiger partial charge is 0.0540 e. The predicted molar refractivity (Wildman–Crippen MR) is 80.0 cm³/mol. The molecular weight excluding hydrogens is 236 g/mol. The van der Waals surface area contributed by atoms with Gasteiger partial charge in [-0.25, -0.2) is 0 Å². The Morgan fingerprint density at radius 1 is 1.21 bits per heavy atom. The molecule has 3 heteroatoms. The standard InChI is InChI=1S/C16H32N2O/c1-3-15(19)9-12-8-14(17)11-18(10-12)16(4-2)13-6-5-7-13/h12-16,19H,3-11,17H2,1-2H3. The minimum atomic E-state index is -0.138. The summed E-state index contributed by atoms with van der Waals surface area (Å²) in [7, 11) is 0. The first-order valence-corrected chi connectivity index (χ1v) is 8.31. The van der Waals surface area contributed by atoms with Crippen molar-refractivity contribution in [2.45, 2.75) is 77.0 Å². The number of piperidine rings is 1. The number of aliphatic hydroxyl groups excluding tert-OH is 1. The average Bonchev–Trinajstić information content (AvgIpc) is 2.32. The van der Waals surface area contributed by atoms with E-state index in [0.717, 1.165) is 44.3 Å². The van der Waals surface area contributed by atoms with Crippen LogP contribution < -0.4 is 5.73 Å². The van der Waals surface area contributed by atoms with E-state index in [2.05, 4.69) is 18.7 Å². The van der Waals surface area contributed by atoms with Gasteiger partial charge in [0, 0.05) is 25.2 Å². The summed E-state index contributed by atoms with van der Waals surface area (Å²) < 4.78 is 0. The third-order valence-electron chi connectivity index (χ3n) is 5.26. The van der Waals surface area contributed by atoms with Crippen LogP contribution >= 0.6 is 0 Å². The van der Waals surface area contributed by atoms with Gasteiger partial charge in [-0.3, -0.25) is 4.90 Å². The first kappa shape index (κ1) is 15.3. The van der Waals surface area contributed by atoms with Crippen LogP contribution in [-0.2, 0) is 0 Å². The van der Waals surface area contributed by atoms with Crippen molar-refractivity contribution in [2.24, 2.45) is 17.6 Å². The van der Waals surface area contributed by atoms with Crippen molar-refractivity contribution in [1.82, 2.24) is 4.90 Å². The van der Waals surface area contributed by atoms with Crippen molar-refractivity contribution in [3.63, 3.8) is 0 Å². The maximum absolute atomic E-state index is 9.89. The quantitative estimate of drug-likeness (QED) is 0.777. The molecular formula is C16H32N2O. The summed E-state index contributed by atoms with van der Waals surface area (Å²) in [5, 5.41) is 9.89. The molecule has 1 saturated carbocycles. The highest BCUT2D eigenvalue weighted by Crippen LogP contribution is 2.35. The maximum atomic E-state index is 9.89. The van der Waals surface area contributed by atoms with Gasteiger partial charge in [0.2, 0.25) is 0 Å². The van der Waals surface area contributed by atoms with Crippen molar-refractivity contribution in [2.75, 3.05) is 13.1 Å². The van der Waals surface area contributed by atoms with E-state index in [0.29, 0.717) is 12.0 Å². The summed E-state index contributed by atoms with van der Waals surface area (Å²) in [6, 6.07) is 1.04. The van der Waals surface area contributed by atoms with Gasteiger partial charge < -0.3 is 10.8 Å². The predicted octanol–water partition coefficient (Wildman–Crippen LogP) is 2.38. The second kappa shape index (κ2) is 7.05. The Morgan fingerprint density at radius 3 is 2.47 bits per heavy atom. The van der Waals surface area contributed by atoms with Gasteiger partial charge in [-0.1, -0.05) is 20.3 Å². The number of hydrogen-bond acceptors (Lipinski definition) is 3. The lowest BCUT2D eigenvalue weighted by atomic mass is 9.76. The normalized spacial score (nSPS) is 32.8. The molecule has 3 N–H and O–H groups in total. The molecule has 3 nitrogen and oxygen atoms in total. The number of aliphatic hydroxyl groups is 1. The molecule has 0 spiro atoms. The molecule has 1 aliphatic heterocycles. The minimum absolute atomic E-state index is 0.138. The highest BCUT2D eigenvalue weighted by Gasteiger charge is 2.35. The number of nitrogens with two attached hydrogens (primary N) is 1. The molecule has 4 atom stereocenters. The zero-order chi connectivity index (χ0) is 13.8. The third-order valence-corrected chi connectivity index (χ3v) is 5.26. The first-order chi connectivity index (χ1) is 9.13. The molecule has 0 aromatic carbocycles. The maximum Gasteiger partial charge on any atom is 0.0540 e. The average molecular weight is 268 g/mol. The summed E-state index contributed by atoms with van der Waals surface area (Å²) >= 11 is 0. The van der Waals surface area contributed by atoms with Crippen molar-refractivity contribution < 1.29 is 5.11 Å². The van der Waals surface area contributed by atoms with Gasteiger partial charge in [0.15, 0.2) is 0 Å². The Hall–Kier alpha value is -0.120. The second-order valence-corrected chi connectivity index (χ2v) is 6.78. The van der Waals surface area contributed by atoms with E-state index in [9.17, 15) is 5.11 Å². The van der Waals surface area contributed by atoms with Gasteiger partial charge in [0.1, 0.15) is 0 Å². The highest BCUT2D eigenvalue weighted by molar-refractivity contribution is 4.90. The van der Waals surface area contributed by atoms with E-state index in [4.69, 9.17) is 5.73 Å². The third kappa shape index (κ3) is 3.93. The lowest BCUT2D eigenvalue weighted by Gasteiger charge is -2.46. The Labute approximate surface area is 118 Å². The van der Waals surface area contributed by atoms with Crippen molar-refractivity contribution in [3.05, 3.63) is 0 Å². The minimum Gasteiger partial charge on any atom is -0.393 e. The van der Waals surface area contributed by atoms with E-state index in [1.54, 1.807) is 0 Å². The number of nitrogens with zero attached hydrogens (tertiary/aromatic N) is 1. The Balaban J connectivity index is 1.91. The van der Waals surface area contributed by atoms with Gasteiger partial charge >= 0.3 is 0 Å². The molecule has 2 rings (SSSR count). The first-order valence-electron chi connectivity index (χ1n) is 8.31. The highest BCUT2D eigenvalue weighted by atomic mass is 16.3. The number of hydrogen-bond donors (Lipinski definition) is 2. The Kier molecular flexibility index (Phi) is 5.67. The Bertz CT molecular complexity index is 267. The summed E-state index contributed by atoms with van der Waals surface area (Å²) in [4.78, 5) is 2.64. The van der Waals surface area contributed by atoms with Crippen LogP contribution in [0.15, 0.2) is 0 Å². The van der Waals surface area contributed by atoms with Crippen LogP contribution in [0.25, 0.3) is 0 Å². The van der Waals surface area contributed by atoms with Crippen LogP contribution in [0, 0.1) is 11.8 Å². The number of likely N-dealkylation sites (tertiary alicyclic amines) is 1. The van der Waals surface area contributed by atoms with Crippen LogP contribution in [0.2, 0.25) is 0 Å². The molecule has 2 aliphatic rings. The zero-order valence-electron chi connectivity index (χ0n) is 12.7. The van der Waals surface area contributed by atoms with E-state index >= 15 is 0 Å². The topological polar surface area (TPSA) is 49.5 Å². The van der Waals surface area contributed by atoms with Gasteiger partial charge in [0.25, 0.3) is 0 Å². The summed E-state index contributed by atoms with van der Waals surface area (Å²) in [5.41, 5.74) is 6.26. The molecule has 1 heterocycles. The molecule has 0 radical (unpaired) electrons. The molecule has 0 amide bonds. The van der Waals surface area contributed by atoms with Gasteiger partial charge in [-0.05, 0) is 50.4 Å². The molecule has 1 aliphatic carbocycles.